The third-order valence-electron chi connectivity index (χ3n) is 1.67. The average molecular weight is 208 g/mol. The molecule has 1 rings (SSSR count). The van der Waals surface area contributed by atoms with Crippen molar-refractivity contribution in [1.29, 1.82) is 5.26 Å². The molecule has 72 valence electrons. The summed E-state index contributed by atoms with van der Waals surface area (Å²) >= 11 is 1.33. The van der Waals surface area contributed by atoms with Gasteiger partial charge in [-0.05, 0) is 6.42 Å². The first-order valence-electron chi connectivity index (χ1n) is 3.97. The van der Waals surface area contributed by atoms with Crippen LogP contribution in [0.15, 0.2) is 17.2 Å². The van der Waals surface area contributed by atoms with Gasteiger partial charge in [-0.2, -0.15) is 5.26 Å². The summed E-state index contributed by atoms with van der Waals surface area (Å²) in [5.41, 5.74) is 0.275. The summed E-state index contributed by atoms with van der Waals surface area (Å²) in [4.78, 5) is 14.7. The summed E-state index contributed by atoms with van der Waals surface area (Å²) in [5, 5.41) is 19.8. The molecule has 14 heavy (non-hydrogen) atoms. The molecule has 4 nitrogen and oxygen atoms in total. The highest BCUT2D eigenvalue weighted by molar-refractivity contribution is 7.10. The van der Waals surface area contributed by atoms with Crippen LogP contribution in [0.4, 0.5) is 0 Å². The lowest BCUT2D eigenvalue weighted by Gasteiger charge is -2.00. The molecule has 1 aromatic rings. The Labute approximate surface area is 85.1 Å². The number of rotatable bonds is 3. The smallest absolute Gasteiger partial charge is 0.346 e. The van der Waals surface area contributed by atoms with Gasteiger partial charge in [0.05, 0.1) is 0 Å². The highest BCUT2D eigenvalue weighted by Gasteiger charge is 2.15. The molecule has 0 bridgehead atoms. The third kappa shape index (κ3) is 1.98. The van der Waals surface area contributed by atoms with Gasteiger partial charge in [-0.15, -0.1) is 11.3 Å². The van der Waals surface area contributed by atoms with Gasteiger partial charge in [0.15, 0.2) is 0 Å². The van der Waals surface area contributed by atoms with Crippen molar-refractivity contribution >= 4 is 22.9 Å². The van der Waals surface area contributed by atoms with E-state index < -0.39 is 5.97 Å². The standard InChI is InChI=1S/C9H8N2O2S/c1-2-6(7(5-10)9(12)13)8-11-3-4-14-8/h3-4H,2H2,1H3,(H,12,13)/b7-6-. The second-order valence-corrected chi connectivity index (χ2v) is 3.36. The first-order valence-corrected chi connectivity index (χ1v) is 4.85. The summed E-state index contributed by atoms with van der Waals surface area (Å²) in [6.07, 6.45) is 2.08. The molecule has 1 aromatic heterocycles. The molecule has 0 aromatic carbocycles. The number of carboxylic acids is 1. The molecule has 0 saturated heterocycles. The van der Waals surface area contributed by atoms with Crippen LogP contribution in [-0.2, 0) is 4.79 Å². The molecule has 0 saturated carbocycles. The largest absolute Gasteiger partial charge is 0.477 e. The van der Waals surface area contributed by atoms with Gasteiger partial charge < -0.3 is 5.11 Å². The van der Waals surface area contributed by atoms with Crippen molar-refractivity contribution in [1.82, 2.24) is 4.98 Å². The summed E-state index contributed by atoms with van der Waals surface area (Å²) in [5.74, 6) is -1.19. The number of aromatic nitrogens is 1. The van der Waals surface area contributed by atoms with Crippen molar-refractivity contribution in [2.45, 2.75) is 13.3 Å². The maximum Gasteiger partial charge on any atom is 0.346 e. The number of carbonyl (C=O) groups is 1. The van der Waals surface area contributed by atoms with Gasteiger partial charge in [-0.3, -0.25) is 0 Å². The quantitative estimate of drug-likeness (QED) is 0.608. The molecule has 1 N–H and O–H groups in total. The molecule has 0 atom stereocenters. The number of thiazole rings is 1. The zero-order chi connectivity index (χ0) is 10.6. The number of carboxylic acid groups (broad SMARTS) is 1. The summed E-state index contributed by atoms with van der Waals surface area (Å²) < 4.78 is 0. The molecule has 0 unspecified atom stereocenters. The highest BCUT2D eigenvalue weighted by Crippen LogP contribution is 2.23. The molecule has 0 aliphatic heterocycles. The third-order valence-corrected chi connectivity index (χ3v) is 2.50. The molecular weight excluding hydrogens is 200 g/mol. The maximum atomic E-state index is 10.7. The molecule has 0 fully saturated rings. The fourth-order valence-electron chi connectivity index (χ4n) is 1.05. The predicted octanol–water partition coefficient (Wildman–Crippen LogP) is 1.91. The minimum atomic E-state index is -1.19. The van der Waals surface area contributed by atoms with E-state index in [1.807, 2.05) is 0 Å². The van der Waals surface area contributed by atoms with Crippen LogP contribution in [0.1, 0.15) is 18.4 Å². The number of allylic oxidation sites excluding steroid dienone is 1. The predicted molar refractivity (Wildman–Crippen MR) is 52.6 cm³/mol. The Bertz CT molecular complexity index is 401. The zero-order valence-electron chi connectivity index (χ0n) is 7.52. The molecule has 1 heterocycles. The van der Waals surface area contributed by atoms with Crippen LogP contribution in [0.5, 0.6) is 0 Å². The molecule has 0 radical (unpaired) electrons. The van der Waals surface area contributed by atoms with Crippen LogP contribution in [0.3, 0.4) is 0 Å². The Hall–Kier alpha value is -1.67. The second-order valence-electron chi connectivity index (χ2n) is 2.46. The Morgan fingerprint density at radius 2 is 2.50 bits per heavy atom. The van der Waals surface area contributed by atoms with Gasteiger partial charge in [-0.25, -0.2) is 9.78 Å². The molecule has 0 amide bonds. The Balaban J connectivity index is 3.26. The minimum Gasteiger partial charge on any atom is -0.477 e. The second kappa shape index (κ2) is 4.53. The first-order chi connectivity index (χ1) is 6.70. The number of nitrogens with zero attached hydrogens (tertiary/aromatic N) is 2. The van der Waals surface area contributed by atoms with Gasteiger partial charge in [0.2, 0.25) is 0 Å². The highest BCUT2D eigenvalue weighted by atomic mass is 32.1. The molecule has 0 aliphatic rings. The first kappa shape index (κ1) is 10.4. The van der Waals surface area contributed by atoms with E-state index in [0.717, 1.165) is 0 Å². The summed E-state index contributed by atoms with van der Waals surface area (Å²) in [6, 6.07) is 1.69. The molecule has 5 heteroatoms. The van der Waals surface area contributed by atoms with Crippen molar-refractivity contribution in [3.8, 4) is 6.07 Å². The molecular formula is C9H8N2O2S. The van der Waals surface area contributed by atoms with Crippen molar-refractivity contribution < 1.29 is 9.90 Å². The Morgan fingerprint density at radius 3 is 2.86 bits per heavy atom. The maximum absolute atomic E-state index is 10.7. The lowest BCUT2D eigenvalue weighted by molar-refractivity contribution is -0.132. The van der Waals surface area contributed by atoms with Crippen molar-refractivity contribution in [3.63, 3.8) is 0 Å². The normalized spacial score (nSPS) is 11.7. The lowest BCUT2D eigenvalue weighted by Crippen LogP contribution is -2.01. The van der Waals surface area contributed by atoms with E-state index in [1.165, 1.54) is 11.3 Å². The van der Waals surface area contributed by atoms with Crippen LogP contribution < -0.4 is 0 Å². The number of hydrogen-bond acceptors (Lipinski definition) is 4. The number of aliphatic carboxylic acids is 1. The van der Waals surface area contributed by atoms with Crippen molar-refractivity contribution in [3.05, 3.63) is 22.2 Å². The minimum absolute atomic E-state index is 0.220. The van der Waals surface area contributed by atoms with Gasteiger partial charge in [-0.1, -0.05) is 6.92 Å². The topological polar surface area (TPSA) is 74.0 Å². The Morgan fingerprint density at radius 1 is 1.79 bits per heavy atom. The number of nitriles is 1. The Kier molecular flexibility index (Phi) is 3.37. The van der Waals surface area contributed by atoms with E-state index in [-0.39, 0.29) is 5.57 Å². The number of hydrogen-bond donors (Lipinski definition) is 1. The summed E-state index contributed by atoms with van der Waals surface area (Å²) in [6.45, 7) is 1.80. The summed E-state index contributed by atoms with van der Waals surface area (Å²) in [7, 11) is 0. The lowest BCUT2D eigenvalue weighted by atomic mass is 10.1. The van der Waals surface area contributed by atoms with Crippen LogP contribution in [0.25, 0.3) is 5.57 Å². The van der Waals surface area contributed by atoms with Crippen molar-refractivity contribution in [2.75, 3.05) is 0 Å². The fraction of sp³-hybridized carbons (Fsp3) is 0.222. The van der Waals surface area contributed by atoms with Gasteiger partial charge >= 0.3 is 5.97 Å². The van der Waals surface area contributed by atoms with E-state index in [1.54, 1.807) is 24.6 Å². The van der Waals surface area contributed by atoms with E-state index in [0.29, 0.717) is 17.0 Å². The van der Waals surface area contributed by atoms with Crippen LogP contribution in [0.2, 0.25) is 0 Å². The van der Waals surface area contributed by atoms with Crippen LogP contribution in [0, 0.1) is 11.3 Å². The zero-order valence-corrected chi connectivity index (χ0v) is 8.34. The van der Waals surface area contributed by atoms with Crippen LogP contribution >= 0.6 is 11.3 Å². The van der Waals surface area contributed by atoms with Gasteiger partial charge in [0, 0.05) is 17.2 Å². The van der Waals surface area contributed by atoms with Crippen molar-refractivity contribution in [2.24, 2.45) is 0 Å². The van der Waals surface area contributed by atoms with E-state index in [4.69, 9.17) is 10.4 Å². The van der Waals surface area contributed by atoms with Crippen LogP contribution in [-0.4, -0.2) is 16.1 Å². The van der Waals surface area contributed by atoms with E-state index in [2.05, 4.69) is 4.98 Å². The van der Waals surface area contributed by atoms with E-state index >= 15 is 0 Å². The monoisotopic (exact) mass is 208 g/mol. The van der Waals surface area contributed by atoms with E-state index in [9.17, 15) is 4.79 Å². The van der Waals surface area contributed by atoms with Gasteiger partial charge in [0.1, 0.15) is 16.6 Å². The molecule has 0 aliphatic carbocycles. The fourth-order valence-corrected chi connectivity index (χ4v) is 1.81. The SMILES string of the molecule is CC/C(=C(\C#N)C(=O)O)c1nccs1. The molecule has 0 spiro atoms. The average Bonchev–Trinajstić information content (AvgIpc) is 2.65. The van der Waals surface area contributed by atoms with Gasteiger partial charge in [0.25, 0.3) is 0 Å².